The van der Waals surface area contributed by atoms with E-state index in [2.05, 4.69) is 12.2 Å². The van der Waals surface area contributed by atoms with Gasteiger partial charge in [0.05, 0.1) is 18.8 Å². The van der Waals surface area contributed by atoms with Gasteiger partial charge in [0.25, 0.3) is 0 Å². The monoisotopic (exact) mass is 401 g/mol. The molecule has 5 nitrogen and oxygen atoms in total. The number of unbranched alkanes of at least 4 members (excludes halogenated alkanes) is 1. The number of benzene rings is 1. The number of para-hydroxylation sites is 1. The molecule has 0 aliphatic carbocycles. The van der Waals surface area contributed by atoms with Crippen molar-refractivity contribution in [2.24, 2.45) is 0 Å². The van der Waals surface area contributed by atoms with Crippen molar-refractivity contribution in [3.05, 3.63) is 51.9 Å². The smallest absolute Gasteiger partial charge is 0.341 e. The van der Waals surface area contributed by atoms with E-state index in [1.165, 1.54) is 17.4 Å². The number of hydrogen-bond acceptors (Lipinski definition) is 5. The molecule has 6 heteroatoms. The van der Waals surface area contributed by atoms with Crippen LogP contribution >= 0.6 is 11.3 Å². The molecule has 2 aromatic rings. The van der Waals surface area contributed by atoms with Crippen LogP contribution in [0.2, 0.25) is 0 Å². The van der Waals surface area contributed by atoms with Crippen LogP contribution in [0, 0.1) is 13.8 Å². The van der Waals surface area contributed by atoms with Gasteiger partial charge in [0, 0.05) is 16.5 Å². The molecule has 0 unspecified atom stereocenters. The third-order valence-corrected chi connectivity index (χ3v) is 5.31. The Kier molecular flexibility index (Phi) is 8.26. The van der Waals surface area contributed by atoms with Crippen molar-refractivity contribution >= 4 is 34.3 Å². The average Bonchev–Trinajstić information content (AvgIpc) is 2.94. The number of aryl methyl sites for hydroxylation is 1. The van der Waals surface area contributed by atoms with Crippen molar-refractivity contribution in [3.8, 4) is 5.75 Å². The lowest BCUT2D eigenvalue weighted by Gasteiger charge is -2.08. The van der Waals surface area contributed by atoms with Crippen molar-refractivity contribution in [3.63, 3.8) is 0 Å². The Hall–Kier alpha value is -2.60. The van der Waals surface area contributed by atoms with E-state index in [0.29, 0.717) is 17.2 Å². The summed E-state index contributed by atoms with van der Waals surface area (Å²) < 4.78 is 10.9. The quantitative estimate of drug-likeness (QED) is 0.348. The first-order valence-electron chi connectivity index (χ1n) is 9.45. The summed E-state index contributed by atoms with van der Waals surface area (Å²) in [5.74, 6) is 0.0171. The molecule has 28 heavy (non-hydrogen) atoms. The first kappa shape index (κ1) is 21.7. The molecule has 2 rings (SSSR count). The fraction of sp³-hybridized carbons (Fsp3) is 0.364. The maximum absolute atomic E-state index is 12.4. The Morgan fingerprint density at radius 2 is 1.93 bits per heavy atom. The lowest BCUT2D eigenvalue weighted by Crippen LogP contribution is -2.12. The zero-order chi connectivity index (χ0) is 20.5. The molecular formula is C22H27NO4S. The predicted molar refractivity (Wildman–Crippen MR) is 114 cm³/mol. The molecule has 1 N–H and O–H groups in total. The molecule has 0 saturated heterocycles. The summed E-state index contributed by atoms with van der Waals surface area (Å²) in [5, 5.41) is 3.31. The molecule has 1 heterocycles. The largest absolute Gasteiger partial charge is 0.493 e. The van der Waals surface area contributed by atoms with Gasteiger partial charge in [-0.2, -0.15) is 0 Å². The number of rotatable bonds is 9. The Morgan fingerprint density at radius 3 is 2.64 bits per heavy atom. The van der Waals surface area contributed by atoms with Crippen LogP contribution in [0.1, 0.15) is 53.1 Å². The summed E-state index contributed by atoms with van der Waals surface area (Å²) >= 11 is 1.37. The van der Waals surface area contributed by atoms with Crippen LogP contribution in [0.5, 0.6) is 5.75 Å². The molecule has 0 bridgehead atoms. The molecule has 0 spiro atoms. The maximum atomic E-state index is 12.4. The molecule has 0 atom stereocenters. The van der Waals surface area contributed by atoms with Gasteiger partial charge in [-0.05, 0) is 44.9 Å². The van der Waals surface area contributed by atoms with E-state index in [1.807, 2.05) is 38.1 Å². The maximum Gasteiger partial charge on any atom is 0.341 e. The molecule has 0 saturated carbocycles. The van der Waals surface area contributed by atoms with E-state index in [-0.39, 0.29) is 12.5 Å². The van der Waals surface area contributed by atoms with Crippen LogP contribution in [0.15, 0.2) is 30.3 Å². The molecule has 150 valence electrons. The van der Waals surface area contributed by atoms with Gasteiger partial charge in [-0.15, -0.1) is 11.3 Å². The highest BCUT2D eigenvalue weighted by Gasteiger charge is 2.21. The zero-order valence-corrected chi connectivity index (χ0v) is 17.7. The number of ether oxygens (including phenoxy) is 2. The van der Waals surface area contributed by atoms with E-state index >= 15 is 0 Å². The Labute approximate surface area is 170 Å². The minimum Gasteiger partial charge on any atom is -0.493 e. The second-order valence-corrected chi connectivity index (χ2v) is 7.50. The van der Waals surface area contributed by atoms with Gasteiger partial charge in [-0.25, -0.2) is 4.79 Å². The van der Waals surface area contributed by atoms with Crippen LogP contribution in [0.25, 0.3) is 6.08 Å². The summed E-state index contributed by atoms with van der Waals surface area (Å²) in [5.41, 5.74) is 2.09. The topological polar surface area (TPSA) is 64.6 Å². The number of thiophene rings is 1. The van der Waals surface area contributed by atoms with Crippen LogP contribution < -0.4 is 10.1 Å². The highest BCUT2D eigenvalue weighted by Crippen LogP contribution is 2.33. The van der Waals surface area contributed by atoms with Crippen molar-refractivity contribution in [1.82, 2.24) is 0 Å². The molecule has 0 aliphatic rings. The number of hydrogen-bond donors (Lipinski definition) is 1. The third-order valence-electron chi connectivity index (χ3n) is 4.19. The average molecular weight is 402 g/mol. The van der Waals surface area contributed by atoms with E-state index in [0.717, 1.165) is 34.6 Å². The molecule has 0 fully saturated rings. The van der Waals surface area contributed by atoms with E-state index in [9.17, 15) is 9.59 Å². The molecule has 0 aliphatic heterocycles. The summed E-state index contributed by atoms with van der Waals surface area (Å²) in [6.45, 7) is 8.57. The van der Waals surface area contributed by atoms with Crippen molar-refractivity contribution < 1.29 is 19.1 Å². The molecule has 1 aromatic heterocycles. The van der Waals surface area contributed by atoms with E-state index < -0.39 is 5.97 Å². The normalized spacial score (nSPS) is 10.9. The number of anilines is 1. The van der Waals surface area contributed by atoms with Crippen LogP contribution in [-0.2, 0) is 9.53 Å². The first-order chi connectivity index (χ1) is 13.5. The Bertz CT molecular complexity index is 854. The number of carbonyl (C=O) groups is 2. The molecule has 1 amide bonds. The summed E-state index contributed by atoms with van der Waals surface area (Å²) in [6.07, 6.45) is 5.20. The van der Waals surface area contributed by atoms with Gasteiger partial charge in [-0.1, -0.05) is 31.5 Å². The number of esters is 1. The minimum atomic E-state index is -0.418. The highest BCUT2D eigenvalue weighted by atomic mass is 32.1. The Balaban J connectivity index is 2.13. The fourth-order valence-electron chi connectivity index (χ4n) is 2.56. The molecule has 1 aromatic carbocycles. The third kappa shape index (κ3) is 5.70. The second-order valence-electron chi connectivity index (χ2n) is 6.27. The standard InChI is InChI=1S/C22H27NO4S/c1-5-7-14-27-18-11-9-8-10-17(18)12-13-19(24)23-21-20(22(25)26-6-2)15(3)16(4)28-21/h8-13H,5-7,14H2,1-4H3,(H,23,24). The van der Waals surface area contributed by atoms with Crippen molar-refractivity contribution in [1.29, 1.82) is 0 Å². The lowest BCUT2D eigenvalue weighted by atomic mass is 10.1. The first-order valence-corrected chi connectivity index (χ1v) is 10.3. The predicted octanol–water partition coefficient (Wildman–Crippen LogP) is 5.37. The van der Waals surface area contributed by atoms with Gasteiger partial charge >= 0.3 is 5.97 Å². The Morgan fingerprint density at radius 1 is 1.18 bits per heavy atom. The van der Waals surface area contributed by atoms with Gasteiger partial charge in [0.1, 0.15) is 10.8 Å². The van der Waals surface area contributed by atoms with Gasteiger partial charge in [0.15, 0.2) is 0 Å². The zero-order valence-electron chi connectivity index (χ0n) is 16.8. The van der Waals surface area contributed by atoms with Gasteiger partial charge in [-0.3, -0.25) is 4.79 Å². The van der Waals surface area contributed by atoms with Crippen LogP contribution in [0.3, 0.4) is 0 Å². The van der Waals surface area contributed by atoms with E-state index in [4.69, 9.17) is 9.47 Å². The summed E-state index contributed by atoms with van der Waals surface area (Å²) in [7, 11) is 0. The summed E-state index contributed by atoms with van der Waals surface area (Å²) in [4.78, 5) is 25.6. The van der Waals surface area contributed by atoms with Crippen molar-refractivity contribution in [2.45, 2.75) is 40.5 Å². The van der Waals surface area contributed by atoms with E-state index in [1.54, 1.807) is 13.0 Å². The number of nitrogens with one attached hydrogen (secondary N) is 1. The van der Waals surface area contributed by atoms with Gasteiger partial charge < -0.3 is 14.8 Å². The fourth-order valence-corrected chi connectivity index (χ4v) is 3.61. The van der Waals surface area contributed by atoms with Crippen LogP contribution in [0.4, 0.5) is 5.00 Å². The molecular weight excluding hydrogens is 374 g/mol. The van der Waals surface area contributed by atoms with Crippen LogP contribution in [-0.4, -0.2) is 25.1 Å². The summed E-state index contributed by atoms with van der Waals surface area (Å²) in [6, 6.07) is 7.59. The second kappa shape index (κ2) is 10.7. The molecule has 0 radical (unpaired) electrons. The van der Waals surface area contributed by atoms with Crippen molar-refractivity contribution in [2.75, 3.05) is 18.5 Å². The van der Waals surface area contributed by atoms with Gasteiger partial charge in [0.2, 0.25) is 5.91 Å². The number of carbonyl (C=O) groups excluding carboxylic acids is 2. The lowest BCUT2D eigenvalue weighted by molar-refractivity contribution is -0.111. The highest BCUT2D eigenvalue weighted by molar-refractivity contribution is 7.16. The number of amides is 1. The SMILES string of the molecule is CCCCOc1ccccc1C=CC(=O)Nc1sc(C)c(C)c1C(=O)OCC. The minimum absolute atomic E-state index is 0.287.